The van der Waals surface area contributed by atoms with Gasteiger partial charge < -0.3 is 5.11 Å². The number of hydrogen-bond acceptors (Lipinski definition) is 4. The van der Waals surface area contributed by atoms with Crippen LogP contribution in [0, 0.1) is 12.8 Å². The predicted molar refractivity (Wildman–Crippen MR) is 70.4 cm³/mol. The summed E-state index contributed by atoms with van der Waals surface area (Å²) in [4.78, 5) is 28.2. The summed E-state index contributed by atoms with van der Waals surface area (Å²) in [6.07, 6.45) is 0. The monoisotopic (exact) mass is 266 g/mol. The maximum atomic E-state index is 12.3. The van der Waals surface area contributed by atoms with Crippen molar-refractivity contribution in [3.05, 3.63) is 27.1 Å². The molecule has 0 spiro atoms. The van der Waals surface area contributed by atoms with Crippen molar-refractivity contribution in [2.75, 3.05) is 0 Å². The molecule has 0 aliphatic carbocycles. The van der Waals surface area contributed by atoms with Crippen molar-refractivity contribution in [3.63, 3.8) is 0 Å². The van der Waals surface area contributed by atoms with Gasteiger partial charge >= 0.3 is 5.97 Å². The summed E-state index contributed by atoms with van der Waals surface area (Å²) in [5, 5.41) is 10.8. The lowest BCUT2D eigenvalue weighted by atomic mass is 10.2. The van der Waals surface area contributed by atoms with E-state index in [2.05, 4.69) is 4.98 Å². The van der Waals surface area contributed by atoms with Crippen LogP contribution >= 0.6 is 11.3 Å². The minimum Gasteiger partial charge on any atom is -0.478 e. The third-order valence-corrected chi connectivity index (χ3v) is 3.53. The first-order chi connectivity index (χ1) is 8.41. The first-order valence-electron chi connectivity index (χ1n) is 5.63. The third kappa shape index (κ3) is 2.03. The molecule has 2 aromatic rings. The second-order valence-electron chi connectivity index (χ2n) is 4.60. The van der Waals surface area contributed by atoms with Gasteiger partial charge in [-0.3, -0.25) is 9.36 Å². The Labute approximate surface area is 108 Å². The lowest BCUT2D eigenvalue weighted by Gasteiger charge is -2.11. The third-order valence-electron chi connectivity index (χ3n) is 2.66. The fraction of sp³-hybridized carbons (Fsp3) is 0.417. The van der Waals surface area contributed by atoms with Crippen molar-refractivity contribution in [2.24, 2.45) is 5.92 Å². The van der Waals surface area contributed by atoms with E-state index in [4.69, 9.17) is 5.11 Å². The number of carboxylic acids is 1. The van der Waals surface area contributed by atoms with Crippen molar-refractivity contribution in [1.82, 2.24) is 9.55 Å². The minimum atomic E-state index is -1.08. The molecule has 2 rings (SSSR count). The first-order valence-corrected chi connectivity index (χ1v) is 6.51. The molecule has 0 unspecified atom stereocenters. The average Bonchev–Trinajstić information content (AvgIpc) is 2.67. The van der Waals surface area contributed by atoms with E-state index in [-0.39, 0.29) is 16.5 Å². The van der Waals surface area contributed by atoms with Crippen LogP contribution in [0.15, 0.2) is 10.2 Å². The van der Waals surface area contributed by atoms with Crippen LogP contribution in [-0.4, -0.2) is 20.6 Å². The van der Waals surface area contributed by atoms with E-state index >= 15 is 0 Å². The highest BCUT2D eigenvalue weighted by Gasteiger charge is 2.18. The molecule has 0 bridgehead atoms. The number of nitrogens with zero attached hydrogens (tertiary/aromatic N) is 2. The van der Waals surface area contributed by atoms with Crippen molar-refractivity contribution >= 4 is 27.5 Å². The van der Waals surface area contributed by atoms with Gasteiger partial charge in [-0.05, 0) is 12.8 Å². The van der Waals surface area contributed by atoms with Crippen LogP contribution in [0.3, 0.4) is 0 Å². The quantitative estimate of drug-likeness (QED) is 0.923. The van der Waals surface area contributed by atoms with Crippen molar-refractivity contribution < 1.29 is 9.90 Å². The summed E-state index contributed by atoms with van der Waals surface area (Å²) >= 11 is 1.19. The van der Waals surface area contributed by atoms with Crippen molar-refractivity contribution in [2.45, 2.75) is 27.3 Å². The highest BCUT2D eigenvalue weighted by atomic mass is 32.1. The Hall–Kier alpha value is -1.69. The lowest BCUT2D eigenvalue weighted by molar-refractivity contribution is 0.0699. The Kier molecular flexibility index (Phi) is 3.21. The number of thiophene rings is 1. The fourth-order valence-electron chi connectivity index (χ4n) is 1.86. The SMILES string of the molecule is Cc1nc2scc(C(=O)O)c2c(=O)n1CC(C)C. The minimum absolute atomic E-state index is 0.0463. The zero-order chi connectivity index (χ0) is 13.4. The van der Waals surface area contributed by atoms with Gasteiger partial charge in [0.2, 0.25) is 0 Å². The maximum Gasteiger partial charge on any atom is 0.337 e. The number of hydrogen-bond donors (Lipinski definition) is 1. The second-order valence-corrected chi connectivity index (χ2v) is 5.46. The fourth-order valence-corrected chi connectivity index (χ4v) is 2.81. The van der Waals surface area contributed by atoms with Crippen LogP contribution in [0.25, 0.3) is 10.2 Å². The zero-order valence-corrected chi connectivity index (χ0v) is 11.2. The molecule has 0 aliphatic heterocycles. The molecule has 0 fully saturated rings. The topological polar surface area (TPSA) is 72.2 Å². The summed E-state index contributed by atoms with van der Waals surface area (Å²) in [6, 6.07) is 0. The van der Waals surface area contributed by atoms with E-state index in [9.17, 15) is 9.59 Å². The Morgan fingerprint density at radius 3 is 2.78 bits per heavy atom. The van der Waals surface area contributed by atoms with E-state index in [0.717, 1.165) is 0 Å². The van der Waals surface area contributed by atoms with Crippen LogP contribution < -0.4 is 5.56 Å². The second kappa shape index (κ2) is 4.53. The summed E-state index contributed by atoms with van der Waals surface area (Å²) in [6.45, 7) is 6.31. The largest absolute Gasteiger partial charge is 0.478 e. The molecule has 0 aromatic carbocycles. The molecule has 96 valence electrons. The molecular formula is C12H14N2O3S. The number of aryl methyl sites for hydroxylation is 1. The van der Waals surface area contributed by atoms with Gasteiger partial charge in [-0.2, -0.15) is 0 Å². The van der Waals surface area contributed by atoms with Gasteiger partial charge in [0.25, 0.3) is 5.56 Å². The van der Waals surface area contributed by atoms with Gasteiger partial charge in [-0.25, -0.2) is 9.78 Å². The van der Waals surface area contributed by atoms with Crippen LogP contribution in [0.4, 0.5) is 0 Å². The predicted octanol–water partition coefficient (Wildman–Crippen LogP) is 2.12. The number of aromatic carboxylic acids is 1. The van der Waals surface area contributed by atoms with Crippen LogP contribution in [0.5, 0.6) is 0 Å². The number of carboxylic acid groups (broad SMARTS) is 1. The van der Waals surface area contributed by atoms with E-state index in [1.54, 1.807) is 11.5 Å². The molecule has 0 atom stereocenters. The highest BCUT2D eigenvalue weighted by molar-refractivity contribution is 7.17. The Morgan fingerprint density at radius 1 is 1.56 bits per heavy atom. The Morgan fingerprint density at radius 2 is 2.22 bits per heavy atom. The number of aromatic nitrogens is 2. The summed E-state index contributed by atoms with van der Waals surface area (Å²) in [5.74, 6) is -0.160. The van der Waals surface area contributed by atoms with Gasteiger partial charge in [0.1, 0.15) is 10.7 Å². The molecule has 1 N–H and O–H groups in total. The van der Waals surface area contributed by atoms with E-state index in [1.807, 2.05) is 13.8 Å². The zero-order valence-electron chi connectivity index (χ0n) is 10.4. The Bertz CT molecular complexity index is 670. The summed E-state index contributed by atoms with van der Waals surface area (Å²) < 4.78 is 1.55. The molecule has 2 aromatic heterocycles. The van der Waals surface area contributed by atoms with Crippen LogP contribution in [-0.2, 0) is 6.54 Å². The normalized spacial score (nSPS) is 11.3. The van der Waals surface area contributed by atoms with Gasteiger partial charge in [0, 0.05) is 11.9 Å². The van der Waals surface area contributed by atoms with Gasteiger partial charge in [0.15, 0.2) is 0 Å². The van der Waals surface area contributed by atoms with E-state index < -0.39 is 5.97 Å². The van der Waals surface area contributed by atoms with Gasteiger partial charge in [-0.15, -0.1) is 11.3 Å². The van der Waals surface area contributed by atoms with Gasteiger partial charge in [0.05, 0.1) is 10.9 Å². The summed E-state index contributed by atoms with van der Waals surface area (Å²) in [5.41, 5.74) is -0.213. The highest BCUT2D eigenvalue weighted by Crippen LogP contribution is 2.21. The Balaban J connectivity index is 2.77. The van der Waals surface area contributed by atoms with Crippen molar-refractivity contribution in [1.29, 1.82) is 0 Å². The molecule has 18 heavy (non-hydrogen) atoms. The van der Waals surface area contributed by atoms with Crippen molar-refractivity contribution in [3.8, 4) is 0 Å². The number of fused-ring (bicyclic) bond motifs is 1. The number of carbonyl (C=O) groups is 1. The molecule has 0 saturated carbocycles. The molecule has 0 amide bonds. The average molecular weight is 266 g/mol. The van der Waals surface area contributed by atoms with E-state index in [1.165, 1.54) is 16.7 Å². The van der Waals surface area contributed by atoms with E-state index in [0.29, 0.717) is 23.1 Å². The molecular weight excluding hydrogens is 252 g/mol. The lowest BCUT2D eigenvalue weighted by Crippen LogP contribution is -2.26. The summed E-state index contributed by atoms with van der Waals surface area (Å²) in [7, 11) is 0. The standard InChI is InChI=1S/C12H14N2O3S/c1-6(2)4-14-7(3)13-10-9(11(14)15)8(5-18-10)12(16)17/h5-6H,4H2,1-3H3,(H,16,17). The van der Waals surface area contributed by atoms with Crippen LogP contribution in [0.2, 0.25) is 0 Å². The van der Waals surface area contributed by atoms with Crippen LogP contribution in [0.1, 0.15) is 30.0 Å². The molecule has 2 heterocycles. The molecule has 0 saturated heterocycles. The first kappa shape index (κ1) is 12.8. The molecule has 6 heteroatoms. The molecule has 0 radical (unpaired) electrons. The molecule has 0 aliphatic rings. The molecule has 5 nitrogen and oxygen atoms in total. The maximum absolute atomic E-state index is 12.3. The smallest absolute Gasteiger partial charge is 0.337 e. The van der Waals surface area contributed by atoms with Gasteiger partial charge in [-0.1, -0.05) is 13.8 Å². The number of rotatable bonds is 3.